The first-order chi connectivity index (χ1) is 11.3. The van der Waals surface area contributed by atoms with Crippen LogP contribution >= 0.6 is 0 Å². The van der Waals surface area contributed by atoms with Crippen molar-refractivity contribution in [1.82, 2.24) is 19.7 Å². The van der Waals surface area contributed by atoms with Gasteiger partial charge >= 0.3 is 0 Å². The molecule has 4 rings (SSSR count). The monoisotopic (exact) mass is 310 g/mol. The Morgan fingerprint density at radius 1 is 1.26 bits per heavy atom. The van der Waals surface area contributed by atoms with Crippen molar-refractivity contribution in [2.45, 2.75) is 32.1 Å². The minimum Gasteiger partial charge on any atom is -0.492 e. The lowest BCUT2D eigenvalue weighted by molar-refractivity contribution is 0.208. The zero-order valence-electron chi connectivity index (χ0n) is 13.5. The maximum absolute atomic E-state index is 6.02. The molecular weight excluding hydrogens is 288 g/mol. The molecule has 0 atom stereocenters. The number of H-pyrrole nitrogens is 1. The Hall–Kier alpha value is -2.30. The van der Waals surface area contributed by atoms with Gasteiger partial charge in [0.2, 0.25) is 0 Å². The second-order valence-corrected chi connectivity index (χ2v) is 6.49. The molecule has 0 aliphatic heterocycles. The smallest absolute Gasteiger partial charge is 0.138 e. The Balaban J connectivity index is 1.56. The van der Waals surface area contributed by atoms with E-state index in [1.54, 1.807) is 0 Å². The molecule has 120 valence electrons. The minimum atomic E-state index is 0.698. The van der Waals surface area contributed by atoms with Crippen molar-refractivity contribution in [1.29, 1.82) is 0 Å². The number of pyridine rings is 1. The molecule has 0 unspecified atom stereocenters. The number of aromatic nitrogens is 4. The van der Waals surface area contributed by atoms with Crippen LogP contribution < -0.4 is 4.74 Å². The Labute approximate surface area is 135 Å². The molecule has 0 aromatic carbocycles. The van der Waals surface area contributed by atoms with Crippen molar-refractivity contribution in [3.63, 3.8) is 0 Å². The van der Waals surface area contributed by atoms with Gasteiger partial charge in [0, 0.05) is 36.0 Å². The second kappa shape index (κ2) is 6.07. The topological polar surface area (TPSA) is 55.7 Å². The summed E-state index contributed by atoms with van der Waals surface area (Å²) in [6.07, 6.45) is 14.3. The van der Waals surface area contributed by atoms with E-state index in [1.807, 2.05) is 36.5 Å². The molecule has 3 aromatic heterocycles. The fourth-order valence-electron chi connectivity index (χ4n) is 3.43. The number of fused-ring (bicyclic) bond motifs is 1. The number of aromatic amines is 1. The summed E-state index contributed by atoms with van der Waals surface area (Å²) in [6.45, 7) is 0.805. The Morgan fingerprint density at radius 3 is 2.91 bits per heavy atom. The van der Waals surface area contributed by atoms with Gasteiger partial charge in [-0.25, -0.2) is 4.98 Å². The predicted octanol–water partition coefficient (Wildman–Crippen LogP) is 3.92. The largest absolute Gasteiger partial charge is 0.492 e. The fraction of sp³-hybridized carbons (Fsp3) is 0.444. The summed E-state index contributed by atoms with van der Waals surface area (Å²) >= 11 is 0. The summed E-state index contributed by atoms with van der Waals surface area (Å²) in [5.41, 5.74) is 3.09. The SMILES string of the molecule is Cn1cc(-c2c[nH]c3ncc(OCC4CCCCC4)cc23)cn1. The highest BCUT2D eigenvalue weighted by Crippen LogP contribution is 2.30. The van der Waals surface area contributed by atoms with Gasteiger partial charge in [-0.3, -0.25) is 4.68 Å². The first-order valence-corrected chi connectivity index (χ1v) is 8.38. The maximum Gasteiger partial charge on any atom is 0.138 e. The summed E-state index contributed by atoms with van der Waals surface area (Å²) in [7, 11) is 1.93. The number of hydrogen-bond donors (Lipinski definition) is 1. The van der Waals surface area contributed by atoms with Crippen molar-refractivity contribution in [3.8, 4) is 16.9 Å². The minimum absolute atomic E-state index is 0.698. The summed E-state index contributed by atoms with van der Waals surface area (Å²) < 4.78 is 7.83. The van der Waals surface area contributed by atoms with Crippen LogP contribution in [0.2, 0.25) is 0 Å². The van der Waals surface area contributed by atoms with Gasteiger partial charge in [-0.05, 0) is 24.8 Å². The summed E-state index contributed by atoms with van der Waals surface area (Å²) in [5, 5.41) is 5.33. The van der Waals surface area contributed by atoms with Gasteiger partial charge in [-0.15, -0.1) is 0 Å². The Kier molecular flexibility index (Phi) is 3.77. The molecule has 3 aromatic rings. The van der Waals surface area contributed by atoms with E-state index in [1.165, 1.54) is 32.1 Å². The van der Waals surface area contributed by atoms with Gasteiger partial charge in [-0.1, -0.05) is 19.3 Å². The van der Waals surface area contributed by atoms with E-state index >= 15 is 0 Å². The van der Waals surface area contributed by atoms with Crippen LogP contribution in [0.15, 0.2) is 30.9 Å². The lowest BCUT2D eigenvalue weighted by Gasteiger charge is -2.21. The lowest BCUT2D eigenvalue weighted by atomic mass is 9.90. The zero-order valence-corrected chi connectivity index (χ0v) is 13.5. The van der Waals surface area contributed by atoms with Crippen LogP contribution in [0.1, 0.15) is 32.1 Å². The average molecular weight is 310 g/mol. The highest BCUT2D eigenvalue weighted by Gasteiger charge is 2.15. The van der Waals surface area contributed by atoms with Crippen LogP contribution in [0, 0.1) is 5.92 Å². The van der Waals surface area contributed by atoms with Crippen molar-refractivity contribution < 1.29 is 4.74 Å². The molecule has 1 fully saturated rings. The van der Waals surface area contributed by atoms with E-state index in [4.69, 9.17) is 4.74 Å². The number of nitrogens with one attached hydrogen (secondary N) is 1. The number of ether oxygens (including phenoxy) is 1. The quantitative estimate of drug-likeness (QED) is 0.794. The third-order valence-corrected chi connectivity index (χ3v) is 4.73. The third kappa shape index (κ3) is 2.96. The molecule has 0 amide bonds. The van der Waals surface area contributed by atoms with Crippen molar-refractivity contribution in [2.24, 2.45) is 13.0 Å². The van der Waals surface area contributed by atoms with Crippen molar-refractivity contribution in [2.75, 3.05) is 6.61 Å². The predicted molar refractivity (Wildman–Crippen MR) is 90.4 cm³/mol. The van der Waals surface area contributed by atoms with E-state index in [0.717, 1.165) is 34.5 Å². The van der Waals surface area contributed by atoms with Gasteiger partial charge in [0.25, 0.3) is 0 Å². The van der Waals surface area contributed by atoms with Crippen molar-refractivity contribution >= 4 is 11.0 Å². The molecule has 23 heavy (non-hydrogen) atoms. The summed E-state index contributed by atoms with van der Waals surface area (Å²) in [4.78, 5) is 7.72. The van der Waals surface area contributed by atoms with Crippen LogP contribution in [-0.2, 0) is 7.05 Å². The number of aryl methyl sites for hydroxylation is 1. The van der Waals surface area contributed by atoms with Gasteiger partial charge in [-0.2, -0.15) is 5.10 Å². The van der Waals surface area contributed by atoms with E-state index in [2.05, 4.69) is 21.1 Å². The standard InChI is InChI=1S/C18H22N4O/c1-22-11-14(8-21-22)17-10-20-18-16(17)7-15(9-19-18)23-12-13-5-3-2-4-6-13/h7-11,13H,2-6,12H2,1H3,(H,19,20). The molecule has 1 aliphatic rings. The second-order valence-electron chi connectivity index (χ2n) is 6.49. The number of rotatable bonds is 4. The molecule has 1 N–H and O–H groups in total. The van der Waals surface area contributed by atoms with Gasteiger partial charge < -0.3 is 9.72 Å². The highest BCUT2D eigenvalue weighted by molar-refractivity contribution is 5.93. The van der Waals surface area contributed by atoms with E-state index < -0.39 is 0 Å². The summed E-state index contributed by atoms with van der Waals surface area (Å²) in [6, 6.07) is 2.09. The Bertz CT molecular complexity index is 798. The highest BCUT2D eigenvalue weighted by atomic mass is 16.5. The molecule has 1 aliphatic carbocycles. The molecular formula is C18H22N4O. The molecule has 0 radical (unpaired) electrons. The normalized spacial score (nSPS) is 16.0. The van der Waals surface area contributed by atoms with E-state index in [9.17, 15) is 0 Å². The number of hydrogen-bond acceptors (Lipinski definition) is 3. The first kappa shape index (κ1) is 14.3. The first-order valence-electron chi connectivity index (χ1n) is 8.38. The van der Waals surface area contributed by atoms with Gasteiger partial charge in [0.1, 0.15) is 11.4 Å². The van der Waals surface area contributed by atoms with Crippen LogP contribution in [0.5, 0.6) is 5.75 Å². The van der Waals surface area contributed by atoms with Crippen LogP contribution in [0.4, 0.5) is 0 Å². The Morgan fingerprint density at radius 2 is 2.13 bits per heavy atom. The van der Waals surface area contributed by atoms with Crippen LogP contribution in [-0.4, -0.2) is 26.4 Å². The fourth-order valence-corrected chi connectivity index (χ4v) is 3.43. The summed E-state index contributed by atoms with van der Waals surface area (Å²) in [5.74, 6) is 1.55. The number of nitrogens with zero attached hydrogens (tertiary/aromatic N) is 3. The molecule has 5 nitrogen and oxygen atoms in total. The van der Waals surface area contributed by atoms with Crippen LogP contribution in [0.3, 0.4) is 0 Å². The van der Waals surface area contributed by atoms with E-state index in [-0.39, 0.29) is 0 Å². The van der Waals surface area contributed by atoms with E-state index in [0.29, 0.717) is 5.92 Å². The molecule has 1 saturated carbocycles. The zero-order chi connectivity index (χ0) is 15.6. The lowest BCUT2D eigenvalue weighted by Crippen LogP contribution is -2.15. The average Bonchev–Trinajstić information content (AvgIpc) is 3.19. The third-order valence-electron chi connectivity index (χ3n) is 4.73. The van der Waals surface area contributed by atoms with Crippen LogP contribution in [0.25, 0.3) is 22.2 Å². The van der Waals surface area contributed by atoms with Crippen molar-refractivity contribution in [3.05, 3.63) is 30.9 Å². The van der Waals surface area contributed by atoms with Gasteiger partial charge in [0.15, 0.2) is 0 Å². The molecule has 0 bridgehead atoms. The molecule has 3 heterocycles. The molecule has 0 spiro atoms. The molecule has 0 saturated heterocycles. The maximum atomic E-state index is 6.02. The molecule has 5 heteroatoms. The van der Waals surface area contributed by atoms with Gasteiger partial charge in [0.05, 0.1) is 19.0 Å².